The van der Waals surface area contributed by atoms with Gasteiger partial charge in [0, 0.05) is 29.3 Å². The Morgan fingerprint density at radius 3 is 2.94 bits per heavy atom. The minimum absolute atomic E-state index is 0.0450. The second-order valence-corrected chi connectivity index (χ2v) is 3.55. The number of nitro groups is 1. The van der Waals surface area contributed by atoms with Gasteiger partial charge in [0.2, 0.25) is 0 Å². The highest BCUT2D eigenvalue weighted by atomic mass is 16.6. The van der Waals surface area contributed by atoms with E-state index in [-0.39, 0.29) is 5.69 Å². The molecule has 0 amide bonds. The molecule has 0 aliphatic rings. The van der Waals surface area contributed by atoms with E-state index in [4.69, 9.17) is 0 Å². The molecule has 0 atom stereocenters. The summed E-state index contributed by atoms with van der Waals surface area (Å²) in [5.74, 6) is 0. The number of rotatable bonds is 2. The van der Waals surface area contributed by atoms with Crippen molar-refractivity contribution >= 4 is 16.6 Å². The highest BCUT2D eigenvalue weighted by molar-refractivity contribution is 5.93. The first-order chi connectivity index (χ1) is 8.25. The van der Waals surface area contributed by atoms with Crippen molar-refractivity contribution in [2.24, 2.45) is 0 Å². The van der Waals surface area contributed by atoms with Crippen molar-refractivity contribution in [1.82, 2.24) is 20.4 Å². The Labute approximate surface area is 94.6 Å². The third kappa shape index (κ3) is 1.44. The fraction of sp³-hybridized carbons (Fsp3) is 0. The van der Waals surface area contributed by atoms with Crippen LogP contribution in [0.1, 0.15) is 0 Å². The molecule has 1 aromatic carbocycles. The molecule has 0 aliphatic carbocycles. The quantitative estimate of drug-likeness (QED) is 0.517. The molecule has 0 spiro atoms. The maximum atomic E-state index is 10.7. The molecular formula is C10H7N5O2. The van der Waals surface area contributed by atoms with Crippen LogP contribution in [0, 0.1) is 10.1 Å². The van der Waals surface area contributed by atoms with E-state index < -0.39 is 4.92 Å². The lowest BCUT2D eigenvalue weighted by molar-refractivity contribution is -0.384. The van der Waals surface area contributed by atoms with Crippen molar-refractivity contribution in [2.75, 3.05) is 0 Å². The monoisotopic (exact) mass is 229 g/mol. The van der Waals surface area contributed by atoms with E-state index in [9.17, 15) is 10.1 Å². The highest BCUT2D eigenvalue weighted by Crippen LogP contribution is 2.28. The lowest BCUT2D eigenvalue weighted by Gasteiger charge is -1.93. The smallest absolute Gasteiger partial charge is 0.270 e. The average Bonchev–Trinajstić information content (AvgIpc) is 2.96. The maximum Gasteiger partial charge on any atom is 0.270 e. The molecule has 0 saturated heterocycles. The summed E-state index contributed by atoms with van der Waals surface area (Å²) in [7, 11) is 0. The van der Waals surface area contributed by atoms with Gasteiger partial charge in [0.05, 0.1) is 16.6 Å². The minimum Gasteiger partial charge on any atom is -0.285 e. The molecule has 0 bridgehead atoms. The third-order valence-electron chi connectivity index (χ3n) is 2.53. The lowest BCUT2D eigenvalue weighted by Crippen LogP contribution is -1.86. The first kappa shape index (κ1) is 9.52. The van der Waals surface area contributed by atoms with Crippen molar-refractivity contribution in [3.8, 4) is 11.3 Å². The van der Waals surface area contributed by atoms with Gasteiger partial charge in [-0.15, -0.1) is 0 Å². The van der Waals surface area contributed by atoms with Crippen LogP contribution in [0.25, 0.3) is 22.2 Å². The van der Waals surface area contributed by atoms with Crippen LogP contribution in [-0.4, -0.2) is 25.3 Å². The predicted octanol–water partition coefficient (Wildman–Crippen LogP) is 1.86. The molecule has 0 unspecified atom stereocenters. The molecule has 0 fully saturated rings. The SMILES string of the molecule is O=[N+]([O-])c1ccc2[nH]nc(-c3cn[nH]c3)c2c1. The fourth-order valence-electron chi connectivity index (χ4n) is 1.72. The number of nitrogens with zero attached hydrogens (tertiary/aromatic N) is 3. The summed E-state index contributed by atoms with van der Waals surface area (Å²) in [6, 6.07) is 4.59. The molecule has 0 aliphatic heterocycles. The van der Waals surface area contributed by atoms with E-state index in [0.717, 1.165) is 11.1 Å². The zero-order valence-electron chi connectivity index (χ0n) is 8.54. The van der Waals surface area contributed by atoms with Crippen LogP contribution in [0.4, 0.5) is 5.69 Å². The van der Waals surface area contributed by atoms with Crippen LogP contribution in [0.15, 0.2) is 30.6 Å². The molecule has 7 heteroatoms. The normalized spacial score (nSPS) is 10.8. The lowest BCUT2D eigenvalue weighted by atomic mass is 10.1. The number of nitro benzene ring substituents is 1. The number of aromatic amines is 2. The van der Waals surface area contributed by atoms with Gasteiger partial charge in [0.1, 0.15) is 5.69 Å². The Balaban J connectivity index is 2.26. The fourth-order valence-corrected chi connectivity index (χ4v) is 1.72. The van der Waals surface area contributed by atoms with Crippen LogP contribution < -0.4 is 0 Å². The Morgan fingerprint density at radius 2 is 2.24 bits per heavy atom. The molecule has 2 aromatic heterocycles. The Bertz CT molecular complexity index is 686. The van der Waals surface area contributed by atoms with Crippen LogP contribution in [0.2, 0.25) is 0 Å². The van der Waals surface area contributed by atoms with Crippen molar-refractivity contribution < 1.29 is 4.92 Å². The Hall–Kier alpha value is -2.70. The van der Waals surface area contributed by atoms with Crippen LogP contribution >= 0.6 is 0 Å². The van der Waals surface area contributed by atoms with Gasteiger partial charge in [0.25, 0.3) is 5.69 Å². The summed E-state index contributed by atoms with van der Waals surface area (Å²) in [5, 5.41) is 24.9. The highest BCUT2D eigenvalue weighted by Gasteiger charge is 2.13. The number of hydrogen-bond acceptors (Lipinski definition) is 4. The summed E-state index contributed by atoms with van der Waals surface area (Å²) in [4.78, 5) is 10.3. The summed E-state index contributed by atoms with van der Waals surface area (Å²) in [5.41, 5.74) is 2.24. The van der Waals surface area contributed by atoms with Gasteiger partial charge in [-0.05, 0) is 6.07 Å². The number of nitrogens with one attached hydrogen (secondary N) is 2. The number of H-pyrrole nitrogens is 2. The largest absolute Gasteiger partial charge is 0.285 e. The van der Waals surface area contributed by atoms with Crippen molar-refractivity contribution in [1.29, 1.82) is 0 Å². The van der Waals surface area contributed by atoms with Crippen molar-refractivity contribution in [3.05, 3.63) is 40.7 Å². The van der Waals surface area contributed by atoms with Crippen LogP contribution in [0.3, 0.4) is 0 Å². The Morgan fingerprint density at radius 1 is 1.35 bits per heavy atom. The number of hydrogen-bond donors (Lipinski definition) is 2. The minimum atomic E-state index is -0.425. The van der Waals surface area contributed by atoms with Gasteiger partial charge in [-0.3, -0.25) is 20.3 Å². The number of benzene rings is 1. The maximum absolute atomic E-state index is 10.7. The van der Waals surface area contributed by atoms with Gasteiger partial charge in [-0.2, -0.15) is 10.2 Å². The first-order valence-corrected chi connectivity index (χ1v) is 4.87. The molecule has 17 heavy (non-hydrogen) atoms. The van der Waals surface area contributed by atoms with Crippen LogP contribution in [-0.2, 0) is 0 Å². The Kier molecular flexibility index (Phi) is 1.91. The van der Waals surface area contributed by atoms with E-state index in [1.807, 2.05) is 0 Å². The van der Waals surface area contributed by atoms with E-state index in [1.165, 1.54) is 12.1 Å². The molecule has 0 saturated carbocycles. The topological polar surface area (TPSA) is 100 Å². The van der Waals surface area contributed by atoms with Gasteiger partial charge < -0.3 is 0 Å². The number of fused-ring (bicyclic) bond motifs is 1. The van der Waals surface area contributed by atoms with Crippen molar-refractivity contribution in [2.45, 2.75) is 0 Å². The second kappa shape index (κ2) is 3.41. The van der Waals surface area contributed by atoms with E-state index in [1.54, 1.807) is 18.5 Å². The summed E-state index contributed by atoms with van der Waals surface area (Å²) >= 11 is 0. The first-order valence-electron chi connectivity index (χ1n) is 4.87. The summed E-state index contributed by atoms with van der Waals surface area (Å²) in [6.07, 6.45) is 3.31. The van der Waals surface area contributed by atoms with E-state index in [2.05, 4.69) is 20.4 Å². The molecule has 3 aromatic rings. The van der Waals surface area contributed by atoms with Gasteiger partial charge >= 0.3 is 0 Å². The standard InChI is InChI=1S/C10H7N5O2/c16-15(17)7-1-2-9-8(3-7)10(14-13-9)6-4-11-12-5-6/h1-5H,(H,11,12)(H,13,14). The number of aromatic nitrogens is 4. The zero-order valence-corrected chi connectivity index (χ0v) is 8.54. The average molecular weight is 229 g/mol. The number of non-ortho nitro benzene ring substituents is 1. The van der Waals surface area contributed by atoms with Gasteiger partial charge in [-0.1, -0.05) is 0 Å². The zero-order chi connectivity index (χ0) is 11.8. The van der Waals surface area contributed by atoms with Gasteiger partial charge in [0.15, 0.2) is 0 Å². The summed E-state index contributed by atoms with van der Waals surface area (Å²) in [6.45, 7) is 0. The predicted molar refractivity (Wildman–Crippen MR) is 60.3 cm³/mol. The van der Waals surface area contributed by atoms with E-state index >= 15 is 0 Å². The van der Waals surface area contributed by atoms with Gasteiger partial charge in [-0.25, -0.2) is 0 Å². The second-order valence-electron chi connectivity index (χ2n) is 3.55. The van der Waals surface area contributed by atoms with Crippen molar-refractivity contribution in [3.63, 3.8) is 0 Å². The molecule has 0 radical (unpaired) electrons. The molecule has 7 nitrogen and oxygen atoms in total. The van der Waals surface area contributed by atoms with E-state index in [0.29, 0.717) is 11.1 Å². The summed E-state index contributed by atoms with van der Waals surface area (Å²) < 4.78 is 0. The molecule has 84 valence electrons. The molecular weight excluding hydrogens is 222 g/mol. The third-order valence-corrected chi connectivity index (χ3v) is 2.53. The molecule has 3 rings (SSSR count). The molecule has 2 N–H and O–H groups in total. The van der Waals surface area contributed by atoms with Crippen LogP contribution in [0.5, 0.6) is 0 Å². The molecule has 2 heterocycles.